The summed E-state index contributed by atoms with van der Waals surface area (Å²) in [6, 6.07) is 10.2. The van der Waals surface area contributed by atoms with Gasteiger partial charge < -0.3 is 5.32 Å². The Morgan fingerprint density at radius 2 is 1.95 bits per heavy atom. The van der Waals surface area contributed by atoms with E-state index >= 15 is 0 Å². The quantitative estimate of drug-likeness (QED) is 0.888. The van der Waals surface area contributed by atoms with Crippen LogP contribution in [-0.2, 0) is 6.42 Å². The summed E-state index contributed by atoms with van der Waals surface area (Å²) >= 11 is 0. The van der Waals surface area contributed by atoms with Crippen LogP contribution in [0.4, 0.5) is 4.39 Å². The smallest absolute Gasteiger partial charge is 0.149 e. The second kappa shape index (κ2) is 6.43. The molecular weight excluding hydrogens is 239 g/mol. The Balaban J connectivity index is 2.13. The molecule has 2 aromatic rings. The third-order valence-electron chi connectivity index (χ3n) is 3.13. The highest BCUT2D eigenvalue weighted by Gasteiger charge is 2.05. The molecule has 0 amide bonds. The number of nitrogens with one attached hydrogen (secondary N) is 1. The van der Waals surface area contributed by atoms with E-state index in [1.165, 1.54) is 11.8 Å². The fourth-order valence-corrected chi connectivity index (χ4v) is 2.20. The first kappa shape index (κ1) is 13.7. The summed E-state index contributed by atoms with van der Waals surface area (Å²) < 4.78 is 13.6. The maximum atomic E-state index is 13.6. The maximum Gasteiger partial charge on any atom is 0.149 e. The molecular formula is C16H19FN2. The van der Waals surface area contributed by atoms with Crippen molar-refractivity contribution in [2.45, 2.75) is 26.3 Å². The highest BCUT2D eigenvalue weighted by atomic mass is 19.1. The minimum atomic E-state index is -0.281. The Hall–Kier alpha value is -1.74. The van der Waals surface area contributed by atoms with Crippen LogP contribution in [0.3, 0.4) is 0 Å². The number of halogens is 1. The number of likely N-dealkylation sites (N-methyl/N-ethyl adjacent to an activating group) is 1. The van der Waals surface area contributed by atoms with Gasteiger partial charge in [0.2, 0.25) is 0 Å². The molecule has 0 fully saturated rings. The molecule has 1 unspecified atom stereocenters. The summed E-state index contributed by atoms with van der Waals surface area (Å²) in [6.07, 6.45) is 3.84. The summed E-state index contributed by atoms with van der Waals surface area (Å²) in [5.74, 6) is -0.281. The van der Waals surface area contributed by atoms with Crippen molar-refractivity contribution in [3.63, 3.8) is 0 Å². The Labute approximate surface area is 113 Å². The van der Waals surface area contributed by atoms with Gasteiger partial charge in [0.25, 0.3) is 0 Å². The van der Waals surface area contributed by atoms with Crippen LogP contribution in [0.15, 0.2) is 42.7 Å². The maximum absolute atomic E-state index is 13.6. The van der Waals surface area contributed by atoms with Crippen LogP contribution < -0.4 is 5.32 Å². The van der Waals surface area contributed by atoms with E-state index in [2.05, 4.69) is 36.3 Å². The molecule has 19 heavy (non-hydrogen) atoms. The molecule has 0 radical (unpaired) electrons. The molecule has 1 aromatic carbocycles. The Bertz CT molecular complexity index is 523. The first-order valence-corrected chi connectivity index (χ1v) is 6.63. The lowest BCUT2D eigenvalue weighted by molar-refractivity contribution is 0.565. The van der Waals surface area contributed by atoms with Gasteiger partial charge >= 0.3 is 0 Å². The van der Waals surface area contributed by atoms with E-state index in [0.29, 0.717) is 11.6 Å². The zero-order valence-electron chi connectivity index (χ0n) is 11.4. The van der Waals surface area contributed by atoms with Crippen LogP contribution in [0.1, 0.15) is 19.4 Å². The predicted octanol–water partition coefficient (Wildman–Crippen LogP) is 3.43. The fourth-order valence-electron chi connectivity index (χ4n) is 2.20. The van der Waals surface area contributed by atoms with Crippen LogP contribution in [0.2, 0.25) is 0 Å². The topological polar surface area (TPSA) is 24.9 Å². The largest absolute Gasteiger partial charge is 0.314 e. The number of rotatable bonds is 5. The standard InChI is InChI=1S/C16H19FN2/c1-3-19-12(2)10-13-4-6-14(7-5-13)15-8-9-18-11-16(15)17/h4-9,11-12,19H,3,10H2,1-2H3. The molecule has 100 valence electrons. The lowest BCUT2D eigenvalue weighted by atomic mass is 10.0. The molecule has 1 aromatic heterocycles. The van der Waals surface area contributed by atoms with Gasteiger partial charge in [0.1, 0.15) is 5.82 Å². The lowest BCUT2D eigenvalue weighted by Gasteiger charge is -2.12. The molecule has 0 saturated heterocycles. The van der Waals surface area contributed by atoms with Gasteiger partial charge in [-0.1, -0.05) is 31.2 Å². The molecule has 1 heterocycles. The number of hydrogen-bond acceptors (Lipinski definition) is 2. The third-order valence-corrected chi connectivity index (χ3v) is 3.13. The number of nitrogens with zero attached hydrogens (tertiary/aromatic N) is 1. The molecule has 0 aliphatic carbocycles. The van der Waals surface area contributed by atoms with E-state index in [1.807, 2.05) is 12.1 Å². The minimum absolute atomic E-state index is 0.281. The van der Waals surface area contributed by atoms with Gasteiger partial charge in [0.15, 0.2) is 0 Å². The lowest BCUT2D eigenvalue weighted by Crippen LogP contribution is -2.27. The van der Waals surface area contributed by atoms with Gasteiger partial charge in [-0.25, -0.2) is 4.39 Å². The molecule has 2 rings (SSSR count). The van der Waals surface area contributed by atoms with E-state index in [0.717, 1.165) is 18.5 Å². The number of hydrogen-bond donors (Lipinski definition) is 1. The number of pyridine rings is 1. The van der Waals surface area contributed by atoms with E-state index in [-0.39, 0.29) is 5.82 Å². The molecule has 1 N–H and O–H groups in total. The average Bonchev–Trinajstić information content (AvgIpc) is 2.41. The highest BCUT2D eigenvalue weighted by molar-refractivity contribution is 5.63. The Kier molecular flexibility index (Phi) is 4.63. The SMILES string of the molecule is CCNC(C)Cc1ccc(-c2ccncc2F)cc1. The van der Waals surface area contributed by atoms with Gasteiger partial charge in [-0.2, -0.15) is 0 Å². The summed E-state index contributed by atoms with van der Waals surface area (Å²) in [6.45, 7) is 5.24. The molecule has 0 saturated carbocycles. The van der Waals surface area contributed by atoms with E-state index in [4.69, 9.17) is 0 Å². The zero-order chi connectivity index (χ0) is 13.7. The van der Waals surface area contributed by atoms with Crippen LogP contribution in [0.25, 0.3) is 11.1 Å². The van der Waals surface area contributed by atoms with Crippen LogP contribution in [-0.4, -0.2) is 17.6 Å². The van der Waals surface area contributed by atoms with Crippen molar-refractivity contribution in [1.82, 2.24) is 10.3 Å². The van der Waals surface area contributed by atoms with E-state index in [9.17, 15) is 4.39 Å². The van der Waals surface area contributed by atoms with Crippen molar-refractivity contribution in [2.75, 3.05) is 6.54 Å². The second-order valence-electron chi connectivity index (χ2n) is 4.72. The number of benzene rings is 1. The normalized spacial score (nSPS) is 12.4. The van der Waals surface area contributed by atoms with E-state index < -0.39 is 0 Å². The van der Waals surface area contributed by atoms with E-state index in [1.54, 1.807) is 12.3 Å². The first-order valence-electron chi connectivity index (χ1n) is 6.63. The van der Waals surface area contributed by atoms with Gasteiger partial charge in [-0.15, -0.1) is 0 Å². The van der Waals surface area contributed by atoms with Crippen molar-refractivity contribution in [2.24, 2.45) is 0 Å². The van der Waals surface area contributed by atoms with Gasteiger partial charge in [-0.3, -0.25) is 4.98 Å². The minimum Gasteiger partial charge on any atom is -0.314 e. The molecule has 1 atom stereocenters. The highest BCUT2D eigenvalue weighted by Crippen LogP contribution is 2.22. The van der Waals surface area contributed by atoms with Crippen molar-refractivity contribution in [3.05, 3.63) is 54.1 Å². The zero-order valence-corrected chi connectivity index (χ0v) is 11.4. The molecule has 0 aliphatic heterocycles. The van der Waals surface area contributed by atoms with Gasteiger partial charge in [0, 0.05) is 17.8 Å². The van der Waals surface area contributed by atoms with Crippen molar-refractivity contribution in [3.8, 4) is 11.1 Å². The van der Waals surface area contributed by atoms with Crippen LogP contribution in [0.5, 0.6) is 0 Å². The van der Waals surface area contributed by atoms with Crippen LogP contribution in [0, 0.1) is 5.82 Å². The monoisotopic (exact) mass is 258 g/mol. The molecule has 2 nitrogen and oxygen atoms in total. The van der Waals surface area contributed by atoms with Gasteiger partial charge in [-0.05, 0) is 37.1 Å². The van der Waals surface area contributed by atoms with Crippen molar-refractivity contribution < 1.29 is 4.39 Å². The average molecular weight is 258 g/mol. The molecule has 0 aliphatic rings. The van der Waals surface area contributed by atoms with Crippen molar-refractivity contribution >= 4 is 0 Å². The summed E-state index contributed by atoms with van der Waals surface area (Å²) in [5, 5.41) is 3.38. The van der Waals surface area contributed by atoms with Gasteiger partial charge in [0.05, 0.1) is 6.20 Å². The third kappa shape index (κ3) is 3.61. The summed E-state index contributed by atoms with van der Waals surface area (Å²) in [4.78, 5) is 3.76. The van der Waals surface area contributed by atoms with Crippen LogP contribution >= 0.6 is 0 Å². The number of aromatic nitrogens is 1. The molecule has 3 heteroatoms. The van der Waals surface area contributed by atoms with Crippen molar-refractivity contribution in [1.29, 1.82) is 0 Å². The predicted molar refractivity (Wildman–Crippen MR) is 76.5 cm³/mol. The second-order valence-corrected chi connectivity index (χ2v) is 4.72. The Morgan fingerprint density at radius 3 is 2.58 bits per heavy atom. The molecule has 0 spiro atoms. The summed E-state index contributed by atoms with van der Waals surface area (Å²) in [7, 11) is 0. The first-order chi connectivity index (χ1) is 9.20. The Morgan fingerprint density at radius 1 is 1.21 bits per heavy atom. The summed E-state index contributed by atoms with van der Waals surface area (Å²) in [5.41, 5.74) is 2.74. The molecule has 0 bridgehead atoms. The fraction of sp³-hybridized carbons (Fsp3) is 0.312.